The second-order valence-corrected chi connectivity index (χ2v) is 4.77. The minimum absolute atomic E-state index is 0.0979. The Hall–Kier alpha value is -1.43. The van der Waals surface area contributed by atoms with Crippen LogP contribution < -0.4 is 5.32 Å². The highest BCUT2D eigenvalue weighted by atomic mass is 16.2. The van der Waals surface area contributed by atoms with Crippen LogP contribution in [0, 0.1) is 0 Å². The molecule has 18 heavy (non-hydrogen) atoms. The van der Waals surface area contributed by atoms with E-state index in [0.717, 1.165) is 43.7 Å². The van der Waals surface area contributed by atoms with Gasteiger partial charge in [-0.1, -0.05) is 12.8 Å². The minimum atomic E-state index is -0.311. The fourth-order valence-corrected chi connectivity index (χ4v) is 2.34. The molecule has 0 saturated carbocycles. The van der Waals surface area contributed by atoms with E-state index in [1.165, 1.54) is 0 Å². The molecule has 0 spiro atoms. The van der Waals surface area contributed by atoms with Crippen LogP contribution in [0.15, 0.2) is 0 Å². The number of nitrogens with zero attached hydrogens (tertiary/aromatic N) is 2. The smallest absolute Gasteiger partial charge is 0.243 e. The number of amides is 3. The van der Waals surface area contributed by atoms with E-state index in [2.05, 4.69) is 5.32 Å². The predicted molar refractivity (Wildman–Crippen MR) is 64.6 cm³/mol. The van der Waals surface area contributed by atoms with Gasteiger partial charge in [-0.05, 0) is 12.8 Å². The van der Waals surface area contributed by atoms with E-state index in [1.807, 2.05) is 0 Å². The zero-order valence-electron chi connectivity index (χ0n) is 10.5. The highest BCUT2D eigenvalue weighted by Gasteiger charge is 2.29. The molecule has 0 aromatic carbocycles. The fourth-order valence-electron chi connectivity index (χ4n) is 2.34. The number of likely N-dealkylation sites (tertiary alicyclic amines) is 1. The molecule has 100 valence electrons. The number of hydrogen-bond donors (Lipinski definition) is 1. The lowest BCUT2D eigenvalue weighted by atomic mass is 10.2. The molecule has 3 amide bonds. The molecule has 0 bridgehead atoms. The summed E-state index contributed by atoms with van der Waals surface area (Å²) in [5.41, 5.74) is 0. The molecule has 2 heterocycles. The lowest BCUT2D eigenvalue weighted by molar-refractivity contribution is -0.151. The molecule has 2 aliphatic heterocycles. The van der Waals surface area contributed by atoms with Crippen molar-refractivity contribution >= 4 is 17.7 Å². The van der Waals surface area contributed by atoms with Crippen molar-refractivity contribution in [3.05, 3.63) is 0 Å². The van der Waals surface area contributed by atoms with Gasteiger partial charge in [-0.2, -0.15) is 0 Å². The molecule has 0 aromatic heterocycles. The van der Waals surface area contributed by atoms with Gasteiger partial charge in [-0.25, -0.2) is 0 Å². The number of hydrogen-bond acceptors (Lipinski definition) is 4. The first-order valence-electron chi connectivity index (χ1n) is 6.50. The maximum Gasteiger partial charge on any atom is 0.243 e. The molecule has 6 heteroatoms. The summed E-state index contributed by atoms with van der Waals surface area (Å²) >= 11 is 0. The Morgan fingerprint density at radius 1 is 1.00 bits per heavy atom. The molecule has 2 fully saturated rings. The molecule has 1 N–H and O–H groups in total. The summed E-state index contributed by atoms with van der Waals surface area (Å²) in [6.07, 6.45) is 4.31. The maximum atomic E-state index is 12.1. The molecule has 0 radical (unpaired) electrons. The van der Waals surface area contributed by atoms with Gasteiger partial charge in [-0.15, -0.1) is 0 Å². The molecule has 2 aliphatic rings. The molecule has 0 unspecified atom stereocenters. The molecule has 0 atom stereocenters. The SMILES string of the molecule is O=C(CN1C(=O)CNCC1=O)N1CCCCCC1. The van der Waals surface area contributed by atoms with Crippen molar-refractivity contribution in [2.24, 2.45) is 0 Å². The molecule has 2 rings (SSSR count). The number of carbonyl (C=O) groups excluding carboxylic acids is 3. The first kappa shape index (κ1) is 13.0. The Morgan fingerprint density at radius 2 is 1.56 bits per heavy atom. The van der Waals surface area contributed by atoms with E-state index in [1.54, 1.807) is 4.90 Å². The first-order valence-corrected chi connectivity index (χ1v) is 6.50. The number of nitrogens with one attached hydrogen (secondary N) is 1. The Balaban J connectivity index is 1.92. The van der Waals surface area contributed by atoms with Gasteiger partial charge in [0.05, 0.1) is 13.1 Å². The van der Waals surface area contributed by atoms with Gasteiger partial charge in [0.25, 0.3) is 0 Å². The van der Waals surface area contributed by atoms with Crippen LogP contribution in [0.25, 0.3) is 0 Å². The summed E-state index contributed by atoms with van der Waals surface area (Å²) in [6.45, 7) is 1.66. The number of piperazine rings is 1. The summed E-state index contributed by atoms with van der Waals surface area (Å²) in [4.78, 5) is 38.0. The molecular formula is C12H19N3O3. The lowest BCUT2D eigenvalue weighted by Gasteiger charge is -2.28. The fraction of sp³-hybridized carbons (Fsp3) is 0.750. The van der Waals surface area contributed by atoms with Gasteiger partial charge in [0.1, 0.15) is 6.54 Å². The molecule has 2 saturated heterocycles. The third kappa shape index (κ3) is 3.07. The zero-order valence-corrected chi connectivity index (χ0v) is 10.5. The van der Waals surface area contributed by atoms with Crippen LogP contribution >= 0.6 is 0 Å². The number of imide groups is 1. The van der Waals surface area contributed by atoms with Gasteiger partial charge in [0, 0.05) is 13.1 Å². The Labute approximate surface area is 106 Å². The molecular weight excluding hydrogens is 234 g/mol. The first-order chi connectivity index (χ1) is 8.68. The van der Waals surface area contributed by atoms with E-state index in [-0.39, 0.29) is 37.4 Å². The highest BCUT2D eigenvalue weighted by molar-refractivity contribution is 6.02. The van der Waals surface area contributed by atoms with Crippen LogP contribution in [0.2, 0.25) is 0 Å². The normalized spacial score (nSPS) is 22.0. The third-order valence-corrected chi connectivity index (χ3v) is 3.41. The van der Waals surface area contributed by atoms with Crippen molar-refractivity contribution in [3.63, 3.8) is 0 Å². The Morgan fingerprint density at radius 3 is 2.11 bits per heavy atom. The Kier molecular flexibility index (Phi) is 4.30. The van der Waals surface area contributed by atoms with E-state index in [4.69, 9.17) is 0 Å². The van der Waals surface area contributed by atoms with Crippen molar-refractivity contribution in [1.29, 1.82) is 0 Å². The summed E-state index contributed by atoms with van der Waals surface area (Å²) in [6, 6.07) is 0. The second kappa shape index (κ2) is 5.95. The average molecular weight is 253 g/mol. The van der Waals surface area contributed by atoms with Crippen LogP contribution in [-0.2, 0) is 14.4 Å². The Bertz CT molecular complexity index is 332. The van der Waals surface area contributed by atoms with Crippen LogP contribution in [0.3, 0.4) is 0 Å². The van der Waals surface area contributed by atoms with Crippen molar-refractivity contribution in [2.45, 2.75) is 25.7 Å². The molecule has 0 aliphatic carbocycles. The quantitative estimate of drug-likeness (QED) is 0.664. The number of rotatable bonds is 2. The number of carbonyl (C=O) groups is 3. The molecule has 0 aromatic rings. The van der Waals surface area contributed by atoms with Crippen LogP contribution in [-0.4, -0.2) is 60.2 Å². The van der Waals surface area contributed by atoms with Crippen LogP contribution in [0.1, 0.15) is 25.7 Å². The maximum absolute atomic E-state index is 12.1. The van der Waals surface area contributed by atoms with Crippen LogP contribution in [0.4, 0.5) is 0 Å². The highest BCUT2D eigenvalue weighted by Crippen LogP contribution is 2.10. The minimum Gasteiger partial charge on any atom is -0.341 e. The van der Waals surface area contributed by atoms with Crippen molar-refractivity contribution < 1.29 is 14.4 Å². The monoisotopic (exact) mass is 253 g/mol. The van der Waals surface area contributed by atoms with E-state index in [9.17, 15) is 14.4 Å². The zero-order chi connectivity index (χ0) is 13.0. The molecule has 6 nitrogen and oxygen atoms in total. The van der Waals surface area contributed by atoms with E-state index in [0.29, 0.717) is 0 Å². The van der Waals surface area contributed by atoms with Gasteiger partial charge in [-0.3, -0.25) is 24.6 Å². The van der Waals surface area contributed by atoms with Gasteiger partial charge in [0.15, 0.2) is 0 Å². The topological polar surface area (TPSA) is 69.7 Å². The van der Waals surface area contributed by atoms with Crippen molar-refractivity contribution in [1.82, 2.24) is 15.1 Å². The van der Waals surface area contributed by atoms with Crippen LogP contribution in [0.5, 0.6) is 0 Å². The van der Waals surface area contributed by atoms with Gasteiger partial charge < -0.3 is 4.90 Å². The van der Waals surface area contributed by atoms with E-state index >= 15 is 0 Å². The summed E-state index contributed by atoms with van der Waals surface area (Å²) < 4.78 is 0. The lowest BCUT2D eigenvalue weighted by Crippen LogP contribution is -2.55. The third-order valence-electron chi connectivity index (χ3n) is 3.41. The van der Waals surface area contributed by atoms with Gasteiger partial charge >= 0.3 is 0 Å². The summed E-state index contributed by atoms with van der Waals surface area (Å²) in [5, 5.41) is 2.71. The second-order valence-electron chi connectivity index (χ2n) is 4.77. The standard InChI is InChI=1S/C12H19N3O3/c16-10-7-13-8-11(17)15(10)9-12(18)14-5-3-1-2-4-6-14/h13H,1-9H2. The van der Waals surface area contributed by atoms with Crippen molar-refractivity contribution in [3.8, 4) is 0 Å². The largest absolute Gasteiger partial charge is 0.341 e. The van der Waals surface area contributed by atoms with E-state index < -0.39 is 0 Å². The summed E-state index contributed by atoms with van der Waals surface area (Å²) in [5.74, 6) is -0.732. The van der Waals surface area contributed by atoms with Gasteiger partial charge in [0.2, 0.25) is 17.7 Å². The average Bonchev–Trinajstić information content (AvgIpc) is 2.62. The predicted octanol–water partition coefficient (Wildman–Crippen LogP) is -0.653. The van der Waals surface area contributed by atoms with Crippen molar-refractivity contribution in [2.75, 3.05) is 32.7 Å². The summed E-state index contributed by atoms with van der Waals surface area (Å²) in [7, 11) is 0.